The molecule has 5 nitrogen and oxygen atoms in total. The van der Waals surface area contributed by atoms with Crippen LogP contribution in [0.5, 0.6) is 5.75 Å². The predicted octanol–water partition coefficient (Wildman–Crippen LogP) is 2.31. The van der Waals surface area contributed by atoms with Crippen LogP contribution in [0.25, 0.3) is 0 Å². The van der Waals surface area contributed by atoms with Gasteiger partial charge in [-0.15, -0.1) is 0 Å². The van der Waals surface area contributed by atoms with Gasteiger partial charge in [-0.25, -0.2) is 0 Å². The van der Waals surface area contributed by atoms with Gasteiger partial charge in [0, 0.05) is 17.6 Å². The highest BCUT2D eigenvalue weighted by atomic mass is 79.9. The molecule has 22 heavy (non-hydrogen) atoms. The van der Waals surface area contributed by atoms with E-state index in [-0.39, 0.29) is 18.6 Å². The first kappa shape index (κ1) is 17.2. The van der Waals surface area contributed by atoms with Crippen molar-refractivity contribution in [1.29, 1.82) is 0 Å². The van der Waals surface area contributed by atoms with Gasteiger partial charge in [0.2, 0.25) is 0 Å². The van der Waals surface area contributed by atoms with E-state index in [1.165, 1.54) is 0 Å². The molecule has 0 bridgehead atoms. The van der Waals surface area contributed by atoms with Crippen molar-refractivity contribution in [2.24, 2.45) is 0 Å². The Bertz CT molecular complexity index is 548. The summed E-state index contributed by atoms with van der Waals surface area (Å²) >= 11 is 8.46. The number of hydrogen-bond acceptors (Lipinski definition) is 4. The van der Waals surface area contributed by atoms with Gasteiger partial charge >= 0.3 is 0 Å². The van der Waals surface area contributed by atoms with Gasteiger partial charge in [0.05, 0.1) is 6.10 Å². The van der Waals surface area contributed by atoms with E-state index in [9.17, 15) is 4.79 Å². The second-order valence-electron chi connectivity index (χ2n) is 5.09. The molecule has 0 saturated carbocycles. The number of benzene rings is 1. The van der Waals surface area contributed by atoms with Gasteiger partial charge in [-0.2, -0.15) is 0 Å². The largest absolute Gasteiger partial charge is 0.483 e. The van der Waals surface area contributed by atoms with Gasteiger partial charge in [0.15, 0.2) is 11.7 Å². The molecular weight excluding hydrogens is 368 g/mol. The van der Waals surface area contributed by atoms with E-state index in [4.69, 9.17) is 21.7 Å². The van der Waals surface area contributed by atoms with E-state index in [1.54, 1.807) is 0 Å². The Labute approximate surface area is 143 Å². The Hall–Kier alpha value is -1.18. The molecule has 0 spiro atoms. The quantitative estimate of drug-likeness (QED) is 0.760. The molecule has 1 fully saturated rings. The zero-order valence-electron chi connectivity index (χ0n) is 12.4. The molecule has 1 aliphatic rings. The highest BCUT2D eigenvalue weighted by molar-refractivity contribution is 9.10. The molecule has 2 N–H and O–H groups in total. The smallest absolute Gasteiger partial charge is 0.264 e. The molecular formula is C15H19BrN2O3S. The van der Waals surface area contributed by atoms with Gasteiger partial charge in [-0.05, 0) is 55.7 Å². The summed E-state index contributed by atoms with van der Waals surface area (Å²) in [5, 5.41) is 5.88. The maximum atomic E-state index is 11.8. The van der Waals surface area contributed by atoms with Gasteiger partial charge in [0.1, 0.15) is 5.75 Å². The molecule has 1 aromatic carbocycles. The van der Waals surface area contributed by atoms with Crippen LogP contribution in [0.3, 0.4) is 0 Å². The third kappa shape index (κ3) is 5.55. The highest BCUT2D eigenvalue weighted by Gasteiger charge is 2.15. The van der Waals surface area contributed by atoms with Crippen LogP contribution in [0.1, 0.15) is 18.4 Å². The van der Waals surface area contributed by atoms with Gasteiger partial charge in [-0.3, -0.25) is 4.79 Å². The highest BCUT2D eigenvalue weighted by Crippen LogP contribution is 2.21. The molecule has 7 heteroatoms. The van der Waals surface area contributed by atoms with Crippen molar-refractivity contribution in [3.63, 3.8) is 0 Å². The molecule has 2 rings (SSSR count). The Kier molecular flexibility index (Phi) is 6.60. The SMILES string of the molecule is Cc1cc(Br)ccc1OCC(=O)NC(=S)NCC1CCCO1. The Morgan fingerprint density at radius 3 is 3.05 bits per heavy atom. The first-order chi connectivity index (χ1) is 10.5. The second-order valence-corrected chi connectivity index (χ2v) is 6.42. The average molecular weight is 387 g/mol. The molecule has 120 valence electrons. The van der Waals surface area contributed by atoms with Crippen LogP contribution in [-0.2, 0) is 9.53 Å². The number of ether oxygens (including phenoxy) is 2. The number of rotatable bonds is 5. The van der Waals surface area contributed by atoms with Gasteiger partial charge in [-0.1, -0.05) is 15.9 Å². The predicted molar refractivity (Wildman–Crippen MR) is 92.1 cm³/mol. The minimum Gasteiger partial charge on any atom is -0.483 e. The van der Waals surface area contributed by atoms with E-state index in [1.807, 2.05) is 25.1 Å². The summed E-state index contributed by atoms with van der Waals surface area (Å²) in [6, 6.07) is 5.62. The number of nitrogens with one attached hydrogen (secondary N) is 2. The maximum absolute atomic E-state index is 11.8. The number of amides is 1. The third-order valence-corrected chi connectivity index (χ3v) is 4.00. The maximum Gasteiger partial charge on any atom is 0.264 e. The van der Waals surface area contributed by atoms with Crippen molar-refractivity contribution in [3.05, 3.63) is 28.2 Å². The summed E-state index contributed by atoms with van der Waals surface area (Å²) < 4.78 is 11.9. The summed E-state index contributed by atoms with van der Waals surface area (Å²) in [4.78, 5) is 11.8. The molecule has 1 unspecified atom stereocenters. The summed E-state index contributed by atoms with van der Waals surface area (Å²) in [7, 11) is 0. The lowest BCUT2D eigenvalue weighted by atomic mass is 10.2. The zero-order valence-corrected chi connectivity index (χ0v) is 14.8. The van der Waals surface area contributed by atoms with Crippen LogP contribution >= 0.6 is 28.1 Å². The van der Waals surface area contributed by atoms with Crippen molar-refractivity contribution in [3.8, 4) is 5.75 Å². The van der Waals surface area contributed by atoms with Crippen LogP contribution in [-0.4, -0.2) is 36.9 Å². The molecule has 1 atom stereocenters. The first-order valence-corrected chi connectivity index (χ1v) is 8.33. The molecule has 0 radical (unpaired) electrons. The zero-order chi connectivity index (χ0) is 15.9. The van der Waals surface area contributed by atoms with Crippen molar-refractivity contribution in [1.82, 2.24) is 10.6 Å². The average Bonchev–Trinajstić information content (AvgIpc) is 2.97. The molecule has 1 saturated heterocycles. The fraction of sp³-hybridized carbons (Fsp3) is 0.467. The standard InChI is InChI=1S/C15H19BrN2O3S/c1-10-7-11(16)4-5-13(10)21-9-14(19)18-15(22)17-8-12-3-2-6-20-12/h4-5,7,12H,2-3,6,8-9H2,1H3,(H2,17,18,19,22). The molecule has 1 heterocycles. The monoisotopic (exact) mass is 386 g/mol. The number of carbonyl (C=O) groups is 1. The fourth-order valence-corrected chi connectivity index (χ4v) is 2.81. The number of aryl methyl sites for hydroxylation is 1. The second kappa shape index (κ2) is 8.45. The first-order valence-electron chi connectivity index (χ1n) is 7.13. The van der Waals surface area contributed by atoms with Crippen molar-refractivity contribution in [2.75, 3.05) is 19.8 Å². The fourth-order valence-electron chi connectivity index (χ4n) is 2.14. The Balaban J connectivity index is 1.69. The molecule has 0 aromatic heterocycles. The number of halogens is 1. The van der Waals surface area contributed by atoms with E-state index >= 15 is 0 Å². The normalized spacial score (nSPS) is 17.1. The summed E-state index contributed by atoms with van der Waals surface area (Å²) in [5.41, 5.74) is 0.959. The Morgan fingerprint density at radius 2 is 2.36 bits per heavy atom. The lowest BCUT2D eigenvalue weighted by Gasteiger charge is -2.14. The molecule has 1 aliphatic heterocycles. The number of carbonyl (C=O) groups excluding carboxylic acids is 1. The number of thiocarbonyl (C=S) groups is 1. The van der Waals surface area contributed by atoms with Crippen LogP contribution in [0.4, 0.5) is 0 Å². The summed E-state index contributed by atoms with van der Waals surface area (Å²) in [6.07, 6.45) is 2.28. The van der Waals surface area contributed by atoms with E-state index in [2.05, 4.69) is 26.6 Å². The minimum atomic E-state index is -0.285. The number of hydrogen-bond donors (Lipinski definition) is 2. The van der Waals surface area contributed by atoms with Crippen LogP contribution in [0.2, 0.25) is 0 Å². The minimum absolute atomic E-state index is 0.0791. The van der Waals surface area contributed by atoms with E-state index in [0.29, 0.717) is 17.4 Å². The van der Waals surface area contributed by atoms with Gasteiger partial charge in [0.25, 0.3) is 5.91 Å². The summed E-state index contributed by atoms with van der Waals surface area (Å²) in [6.45, 7) is 3.26. The van der Waals surface area contributed by atoms with E-state index < -0.39 is 0 Å². The van der Waals surface area contributed by atoms with Crippen molar-refractivity contribution in [2.45, 2.75) is 25.9 Å². The lowest BCUT2D eigenvalue weighted by molar-refractivity contribution is -0.121. The topological polar surface area (TPSA) is 59.6 Å². The molecule has 1 aromatic rings. The third-order valence-electron chi connectivity index (χ3n) is 3.26. The lowest BCUT2D eigenvalue weighted by Crippen LogP contribution is -2.43. The van der Waals surface area contributed by atoms with Crippen LogP contribution in [0.15, 0.2) is 22.7 Å². The molecule has 0 aliphatic carbocycles. The van der Waals surface area contributed by atoms with Gasteiger partial charge < -0.3 is 20.1 Å². The Morgan fingerprint density at radius 1 is 1.55 bits per heavy atom. The van der Waals surface area contributed by atoms with E-state index in [0.717, 1.165) is 29.5 Å². The van der Waals surface area contributed by atoms with Crippen molar-refractivity contribution < 1.29 is 14.3 Å². The van der Waals surface area contributed by atoms with Crippen molar-refractivity contribution >= 4 is 39.2 Å². The van der Waals surface area contributed by atoms with Crippen LogP contribution < -0.4 is 15.4 Å². The summed E-state index contributed by atoms with van der Waals surface area (Å²) in [5.74, 6) is 0.392. The van der Waals surface area contributed by atoms with Crippen LogP contribution in [0, 0.1) is 6.92 Å². The molecule has 1 amide bonds.